The molecule has 2 unspecified atom stereocenters. The summed E-state index contributed by atoms with van der Waals surface area (Å²) in [6.07, 6.45) is 14.5. The number of nitrogens with one attached hydrogen (secondary N) is 1. The second-order valence-corrected chi connectivity index (χ2v) is 7.48. The molecule has 0 radical (unpaired) electrons. The molecule has 1 nitrogen and oxygen atoms in total. The van der Waals surface area contributed by atoms with Gasteiger partial charge in [0.25, 0.3) is 0 Å². The van der Waals surface area contributed by atoms with Gasteiger partial charge in [-0.1, -0.05) is 39.0 Å². The Morgan fingerprint density at radius 3 is 2.33 bits per heavy atom. The van der Waals surface area contributed by atoms with Crippen LogP contribution in [0.2, 0.25) is 0 Å². The van der Waals surface area contributed by atoms with E-state index in [1.165, 1.54) is 76.5 Å². The van der Waals surface area contributed by atoms with Crippen molar-refractivity contribution < 1.29 is 0 Å². The minimum Gasteiger partial charge on any atom is -0.313 e. The summed E-state index contributed by atoms with van der Waals surface area (Å²) in [4.78, 5) is 0. The third kappa shape index (κ3) is 4.45. The molecule has 2 rings (SSSR count). The van der Waals surface area contributed by atoms with Gasteiger partial charge in [0.15, 0.2) is 0 Å². The molecule has 1 aliphatic heterocycles. The summed E-state index contributed by atoms with van der Waals surface area (Å²) in [5.74, 6) is 2.37. The Balaban J connectivity index is 1.92. The highest BCUT2D eigenvalue weighted by molar-refractivity contribution is 8.00. The van der Waals surface area contributed by atoms with Gasteiger partial charge in [0.1, 0.15) is 0 Å². The molecule has 2 atom stereocenters. The van der Waals surface area contributed by atoms with E-state index in [0.29, 0.717) is 0 Å². The van der Waals surface area contributed by atoms with Crippen LogP contribution in [0.1, 0.15) is 71.1 Å². The van der Waals surface area contributed by atoms with Gasteiger partial charge in [-0.15, -0.1) is 0 Å². The SMILES string of the molecule is CCCNC(C1CCCCCC1)C1CCCCS1. The van der Waals surface area contributed by atoms with Crippen LogP contribution < -0.4 is 5.32 Å². The highest BCUT2D eigenvalue weighted by Crippen LogP contribution is 2.35. The average molecular weight is 269 g/mol. The summed E-state index contributed by atoms with van der Waals surface area (Å²) in [6.45, 7) is 3.52. The van der Waals surface area contributed by atoms with Crippen molar-refractivity contribution in [3.63, 3.8) is 0 Å². The van der Waals surface area contributed by atoms with Gasteiger partial charge in [0.05, 0.1) is 0 Å². The molecule has 1 aliphatic carbocycles. The highest BCUT2D eigenvalue weighted by Gasteiger charge is 2.30. The van der Waals surface area contributed by atoms with E-state index in [4.69, 9.17) is 0 Å². The first-order valence-electron chi connectivity index (χ1n) is 8.27. The summed E-state index contributed by atoms with van der Waals surface area (Å²) in [6, 6.07) is 0.813. The predicted octanol–water partition coefficient (Wildman–Crippen LogP) is 4.61. The zero-order valence-electron chi connectivity index (χ0n) is 12.1. The van der Waals surface area contributed by atoms with Gasteiger partial charge in [-0.05, 0) is 50.3 Å². The molecule has 2 heteroatoms. The fourth-order valence-corrected chi connectivity index (χ4v) is 5.16. The van der Waals surface area contributed by atoms with E-state index in [-0.39, 0.29) is 0 Å². The lowest BCUT2D eigenvalue weighted by Gasteiger charge is -2.36. The Morgan fingerprint density at radius 2 is 1.72 bits per heavy atom. The van der Waals surface area contributed by atoms with E-state index >= 15 is 0 Å². The summed E-state index contributed by atoms with van der Waals surface area (Å²) >= 11 is 2.26. The molecule has 0 amide bonds. The van der Waals surface area contributed by atoms with Crippen LogP contribution in [0.3, 0.4) is 0 Å². The van der Waals surface area contributed by atoms with Crippen molar-refractivity contribution in [1.29, 1.82) is 0 Å². The summed E-state index contributed by atoms with van der Waals surface area (Å²) in [5, 5.41) is 4.83. The molecular weight excluding hydrogens is 238 g/mol. The Bertz CT molecular complexity index is 205. The van der Waals surface area contributed by atoms with E-state index in [0.717, 1.165) is 17.2 Å². The maximum Gasteiger partial charge on any atom is 0.0214 e. The molecule has 1 N–H and O–H groups in total. The third-order valence-electron chi connectivity index (χ3n) is 4.65. The van der Waals surface area contributed by atoms with Gasteiger partial charge in [0, 0.05) is 11.3 Å². The molecule has 0 aromatic carbocycles. The predicted molar refractivity (Wildman–Crippen MR) is 83.4 cm³/mol. The van der Waals surface area contributed by atoms with Gasteiger partial charge in [-0.2, -0.15) is 11.8 Å². The van der Waals surface area contributed by atoms with Crippen LogP contribution >= 0.6 is 11.8 Å². The van der Waals surface area contributed by atoms with Gasteiger partial charge < -0.3 is 5.32 Å². The van der Waals surface area contributed by atoms with Gasteiger partial charge in [-0.3, -0.25) is 0 Å². The summed E-state index contributed by atoms with van der Waals surface area (Å²) < 4.78 is 0. The highest BCUT2D eigenvalue weighted by atomic mass is 32.2. The lowest BCUT2D eigenvalue weighted by molar-refractivity contribution is 0.303. The third-order valence-corrected chi connectivity index (χ3v) is 6.13. The maximum atomic E-state index is 3.92. The minimum absolute atomic E-state index is 0.813. The quantitative estimate of drug-likeness (QED) is 0.731. The van der Waals surface area contributed by atoms with Crippen LogP contribution in [0.5, 0.6) is 0 Å². The zero-order valence-corrected chi connectivity index (χ0v) is 12.9. The smallest absolute Gasteiger partial charge is 0.0214 e. The van der Waals surface area contributed by atoms with Gasteiger partial charge >= 0.3 is 0 Å². The molecule has 1 saturated carbocycles. The first kappa shape index (κ1) is 14.7. The largest absolute Gasteiger partial charge is 0.313 e. The summed E-state index contributed by atoms with van der Waals surface area (Å²) in [7, 11) is 0. The van der Waals surface area contributed by atoms with E-state index in [1.807, 2.05) is 0 Å². The van der Waals surface area contributed by atoms with Crippen LogP contribution in [0.25, 0.3) is 0 Å². The van der Waals surface area contributed by atoms with Crippen molar-refractivity contribution in [3.05, 3.63) is 0 Å². The molecule has 2 fully saturated rings. The van der Waals surface area contributed by atoms with Crippen LogP contribution in [-0.2, 0) is 0 Å². The first-order valence-corrected chi connectivity index (χ1v) is 9.31. The summed E-state index contributed by atoms with van der Waals surface area (Å²) in [5.41, 5.74) is 0. The molecule has 0 aromatic heterocycles. The first-order chi connectivity index (χ1) is 8.92. The Labute approximate surface area is 118 Å². The Morgan fingerprint density at radius 1 is 1.00 bits per heavy atom. The van der Waals surface area contributed by atoms with Crippen LogP contribution in [0.4, 0.5) is 0 Å². The number of rotatable bonds is 5. The molecule has 0 spiro atoms. The van der Waals surface area contributed by atoms with Crippen molar-refractivity contribution in [1.82, 2.24) is 5.32 Å². The fourth-order valence-electron chi connectivity index (χ4n) is 3.63. The lowest BCUT2D eigenvalue weighted by Crippen LogP contribution is -2.45. The molecule has 0 aromatic rings. The normalized spacial score (nSPS) is 28.8. The van der Waals surface area contributed by atoms with Crippen LogP contribution in [0, 0.1) is 5.92 Å². The standard InChI is InChI=1S/C16H31NS/c1-2-12-17-16(15-11-7-8-13-18-15)14-9-5-3-4-6-10-14/h14-17H,2-13H2,1H3. The van der Waals surface area contributed by atoms with Crippen molar-refractivity contribution in [2.45, 2.75) is 82.4 Å². The number of thioether (sulfide) groups is 1. The van der Waals surface area contributed by atoms with Crippen molar-refractivity contribution in [3.8, 4) is 0 Å². The molecular formula is C16H31NS. The minimum atomic E-state index is 0.813. The number of hydrogen-bond acceptors (Lipinski definition) is 2. The number of hydrogen-bond donors (Lipinski definition) is 1. The molecule has 2 aliphatic rings. The molecule has 0 bridgehead atoms. The van der Waals surface area contributed by atoms with E-state index in [9.17, 15) is 0 Å². The van der Waals surface area contributed by atoms with Crippen LogP contribution in [-0.4, -0.2) is 23.6 Å². The Kier molecular flexibility index (Phi) is 6.93. The zero-order chi connectivity index (χ0) is 12.6. The van der Waals surface area contributed by atoms with E-state index in [2.05, 4.69) is 24.0 Å². The van der Waals surface area contributed by atoms with Gasteiger partial charge in [-0.25, -0.2) is 0 Å². The Hall–Kier alpha value is 0.310. The van der Waals surface area contributed by atoms with Crippen molar-refractivity contribution >= 4 is 11.8 Å². The monoisotopic (exact) mass is 269 g/mol. The molecule has 106 valence electrons. The second kappa shape index (κ2) is 8.47. The molecule has 1 heterocycles. The second-order valence-electron chi connectivity index (χ2n) is 6.14. The van der Waals surface area contributed by atoms with Crippen molar-refractivity contribution in [2.24, 2.45) is 5.92 Å². The molecule has 1 saturated heterocycles. The van der Waals surface area contributed by atoms with Gasteiger partial charge in [0.2, 0.25) is 0 Å². The maximum absolute atomic E-state index is 3.92. The van der Waals surface area contributed by atoms with E-state index in [1.54, 1.807) is 0 Å². The van der Waals surface area contributed by atoms with E-state index < -0.39 is 0 Å². The topological polar surface area (TPSA) is 12.0 Å². The van der Waals surface area contributed by atoms with Crippen LogP contribution in [0.15, 0.2) is 0 Å². The fraction of sp³-hybridized carbons (Fsp3) is 1.00. The van der Waals surface area contributed by atoms with Crippen molar-refractivity contribution in [2.75, 3.05) is 12.3 Å². The molecule has 18 heavy (non-hydrogen) atoms. The lowest BCUT2D eigenvalue weighted by atomic mass is 9.87. The average Bonchev–Trinajstić information content (AvgIpc) is 2.70.